The molecule has 28 heavy (non-hydrogen) atoms. The third-order valence-electron chi connectivity index (χ3n) is 5.84. The molecule has 1 atom stereocenters. The molecule has 0 N–H and O–H groups in total. The lowest BCUT2D eigenvalue weighted by atomic mass is 9.85. The van der Waals surface area contributed by atoms with Crippen molar-refractivity contribution in [2.45, 2.75) is 18.0 Å². The van der Waals surface area contributed by atoms with E-state index in [-0.39, 0.29) is 5.54 Å². The van der Waals surface area contributed by atoms with Crippen LogP contribution in [-0.4, -0.2) is 6.04 Å². The van der Waals surface area contributed by atoms with E-state index in [0.29, 0.717) is 6.04 Å². The number of hydrogen-bond acceptors (Lipinski definition) is 1. The van der Waals surface area contributed by atoms with Crippen molar-refractivity contribution in [3.63, 3.8) is 0 Å². The fourth-order valence-electron chi connectivity index (χ4n) is 4.61. The molecule has 1 saturated heterocycles. The molecule has 1 aliphatic rings. The maximum Gasteiger partial charge on any atom is 0.112 e. The van der Waals surface area contributed by atoms with Gasteiger partial charge in [0.2, 0.25) is 0 Å². The molecule has 0 saturated carbocycles. The fraction of sp³-hybridized carbons (Fsp3) is 0.111. The minimum absolute atomic E-state index is 0.139. The van der Waals surface area contributed by atoms with Crippen LogP contribution in [-0.2, 0) is 12.0 Å². The molecule has 4 aromatic rings. The summed E-state index contributed by atoms with van der Waals surface area (Å²) in [6.45, 7) is 0. The van der Waals surface area contributed by atoms with Gasteiger partial charge in [-0.3, -0.25) is 0 Å². The summed E-state index contributed by atoms with van der Waals surface area (Å²) in [7, 11) is 0. The molecule has 1 aliphatic heterocycles. The van der Waals surface area contributed by atoms with Crippen molar-refractivity contribution in [1.82, 2.24) is 0 Å². The standard InChI is InChI=1S/C27H23N/c1-5-13-22(14-6-1)21-26-27(23-15-7-2-8-16-23,24-17-9-3-10-18-24)28(26)25-19-11-4-12-20-25/h1-20,26H,21H2/t26-,28?/m0/s1. The summed E-state index contributed by atoms with van der Waals surface area (Å²) in [5, 5.41) is 0. The summed E-state index contributed by atoms with van der Waals surface area (Å²) in [5.74, 6) is 0. The van der Waals surface area contributed by atoms with Crippen molar-refractivity contribution >= 4 is 5.69 Å². The highest BCUT2D eigenvalue weighted by Gasteiger charge is 2.64. The number of para-hydroxylation sites is 1. The molecule has 0 spiro atoms. The first-order valence-electron chi connectivity index (χ1n) is 9.90. The largest absolute Gasteiger partial charge is 0.349 e. The van der Waals surface area contributed by atoms with E-state index in [1.165, 1.54) is 22.4 Å². The molecule has 1 nitrogen and oxygen atoms in total. The monoisotopic (exact) mass is 361 g/mol. The van der Waals surface area contributed by atoms with E-state index in [4.69, 9.17) is 0 Å². The molecular formula is C27H23N. The molecule has 136 valence electrons. The first-order valence-corrected chi connectivity index (χ1v) is 9.90. The molecule has 1 fully saturated rings. The second-order valence-corrected chi connectivity index (χ2v) is 7.41. The Hall–Kier alpha value is -3.32. The maximum atomic E-state index is 2.59. The van der Waals surface area contributed by atoms with E-state index in [9.17, 15) is 0 Å². The summed E-state index contributed by atoms with van der Waals surface area (Å²) < 4.78 is 0. The van der Waals surface area contributed by atoms with Crippen molar-refractivity contribution in [2.24, 2.45) is 0 Å². The highest BCUT2D eigenvalue weighted by molar-refractivity contribution is 5.70. The van der Waals surface area contributed by atoms with E-state index < -0.39 is 0 Å². The number of anilines is 1. The van der Waals surface area contributed by atoms with Crippen LogP contribution in [0.25, 0.3) is 0 Å². The van der Waals surface area contributed by atoms with Gasteiger partial charge in [0.1, 0.15) is 5.54 Å². The van der Waals surface area contributed by atoms with Crippen LogP contribution in [0.2, 0.25) is 0 Å². The third kappa shape index (κ3) is 2.71. The number of nitrogens with zero attached hydrogens (tertiary/aromatic N) is 1. The molecule has 1 heteroatoms. The Morgan fingerprint density at radius 3 is 1.46 bits per heavy atom. The van der Waals surface area contributed by atoms with Crippen LogP contribution in [0.1, 0.15) is 16.7 Å². The van der Waals surface area contributed by atoms with Gasteiger partial charge in [-0.05, 0) is 35.2 Å². The highest BCUT2D eigenvalue weighted by atomic mass is 15.4. The molecule has 0 amide bonds. The minimum atomic E-state index is -0.139. The normalized spacial score (nSPS) is 17.3. The molecule has 0 radical (unpaired) electrons. The second kappa shape index (κ2) is 7.01. The first kappa shape index (κ1) is 16.8. The van der Waals surface area contributed by atoms with Gasteiger partial charge in [0.25, 0.3) is 0 Å². The van der Waals surface area contributed by atoms with E-state index >= 15 is 0 Å². The van der Waals surface area contributed by atoms with Crippen LogP contribution in [0.15, 0.2) is 121 Å². The van der Waals surface area contributed by atoms with Crippen molar-refractivity contribution < 1.29 is 0 Å². The van der Waals surface area contributed by atoms with Crippen molar-refractivity contribution in [3.8, 4) is 0 Å². The molecule has 0 aromatic heterocycles. The van der Waals surface area contributed by atoms with Gasteiger partial charge < -0.3 is 4.90 Å². The van der Waals surface area contributed by atoms with Gasteiger partial charge >= 0.3 is 0 Å². The minimum Gasteiger partial charge on any atom is -0.349 e. The van der Waals surface area contributed by atoms with E-state index in [1.54, 1.807) is 0 Å². The zero-order valence-corrected chi connectivity index (χ0v) is 15.8. The predicted octanol–water partition coefficient (Wildman–Crippen LogP) is 6.06. The Morgan fingerprint density at radius 2 is 0.964 bits per heavy atom. The topological polar surface area (TPSA) is 3.01 Å². The number of rotatable bonds is 5. The predicted molar refractivity (Wildman–Crippen MR) is 117 cm³/mol. The van der Waals surface area contributed by atoms with Gasteiger partial charge in [0, 0.05) is 5.69 Å². The van der Waals surface area contributed by atoms with Gasteiger partial charge in [-0.1, -0.05) is 109 Å². The number of benzene rings is 4. The Bertz CT molecular complexity index is 987. The summed E-state index contributed by atoms with van der Waals surface area (Å²) in [6.07, 6.45) is 1.01. The lowest BCUT2D eigenvalue weighted by molar-refractivity contribution is 0.768. The Morgan fingerprint density at radius 1 is 0.536 bits per heavy atom. The number of hydrogen-bond donors (Lipinski definition) is 0. The Balaban J connectivity index is 1.68. The van der Waals surface area contributed by atoms with Gasteiger partial charge in [-0.15, -0.1) is 0 Å². The van der Waals surface area contributed by atoms with Crippen molar-refractivity contribution in [1.29, 1.82) is 0 Å². The van der Waals surface area contributed by atoms with E-state index in [0.717, 1.165) is 6.42 Å². The lowest BCUT2D eigenvalue weighted by Gasteiger charge is -2.20. The van der Waals surface area contributed by atoms with Crippen LogP contribution in [0, 0.1) is 0 Å². The molecule has 5 rings (SSSR count). The van der Waals surface area contributed by atoms with Gasteiger partial charge in [0.05, 0.1) is 6.04 Å². The summed E-state index contributed by atoms with van der Waals surface area (Å²) in [5.41, 5.74) is 5.22. The maximum absolute atomic E-state index is 2.59. The molecule has 0 unspecified atom stereocenters. The van der Waals surface area contributed by atoms with Gasteiger partial charge in [-0.2, -0.15) is 0 Å². The summed E-state index contributed by atoms with van der Waals surface area (Å²) in [6, 6.07) is 43.9. The Kier molecular flexibility index (Phi) is 4.21. The summed E-state index contributed by atoms with van der Waals surface area (Å²) in [4.78, 5) is 2.59. The first-order chi connectivity index (χ1) is 13.9. The highest BCUT2D eigenvalue weighted by Crippen LogP contribution is 2.58. The SMILES string of the molecule is c1ccc(C[C@@H]2N(c3ccccc3)C2(c2ccccc2)c2ccccc2)cc1. The van der Waals surface area contributed by atoms with Gasteiger partial charge in [-0.25, -0.2) is 0 Å². The van der Waals surface area contributed by atoms with Crippen LogP contribution < -0.4 is 4.90 Å². The van der Waals surface area contributed by atoms with Crippen molar-refractivity contribution in [3.05, 3.63) is 138 Å². The van der Waals surface area contributed by atoms with E-state index in [2.05, 4.69) is 126 Å². The van der Waals surface area contributed by atoms with E-state index in [1.807, 2.05) is 0 Å². The van der Waals surface area contributed by atoms with Crippen LogP contribution in [0.4, 0.5) is 5.69 Å². The lowest BCUT2D eigenvalue weighted by Crippen LogP contribution is -2.19. The van der Waals surface area contributed by atoms with Crippen LogP contribution in [0.5, 0.6) is 0 Å². The quantitative estimate of drug-likeness (QED) is 0.390. The molecule has 0 bridgehead atoms. The molecule has 0 aliphatic carbocycles. The zero-order valence-electron chi connectivity index (χ0n) is 15.8. The van der Waals surface area contributed by atoms with Crippen molar-refractivity contribution in [2.75, 3.05) is 4.90 Å². The molecule has 4 aromatic carbocycles. The second-order valence-electron chi connectivity index (χ2n) is 7.41. The summed E-state index contributed by atoms with van der Waals surface area (Å²) >= 11 is 0. The average molecular weight is 361 g/mol. The molecular weight excluding hydrogens is 338 g/mol. The third-order valence-corrected chi connectivity index (χ3v) is 5.84. The van der Waals surface area contributed by atoms with Crippen LogP contribution in [0.3, 0.4) is 0 Å². The average Bonchev–Trinajstić information content (AvgIpc) is 3.45. The van der Waals surface area contributed by atoms with Crippen LogP contribution >= 0.6 is 0 Å². The smallest absolute Gasteiger partial charge is 0.112 e. The molecule has 1 heterocycles. The Labute approximate surface area is 166 Å². The zero-order chi connectivity index (χ0) is 18.8. The fourth-order valence-corrected chi connectivity index (χ4v) is 4.61. The van der Waals surface area contributed by atoms with Gasteiger partial charge in [0.15, 0.2) is 0 Å².